The van der Waals surface area contributed by atoms with Gasteiger partial charge in [-0.1, -0.05) is 48.1 Å². The molecule has 0 radical (unpaired) electrons. The van der Waals surface area contributed by atoms with Crippen molar-refractivity contribution in [1.29, 1.82) is 0 Å². The van der Waals surface area contributed by atoms with Gasteiger partial charge in [-0.05, 0) is 85.2 Å². The lowest BCUT2D eigenvalue weighted by Crippen LogP contribution is -2.25. The number of thioether (sulfide) groups is 1. The largest absolute Gasteiger partial charge is 0.352 e. The maximum Gasteiger partial charge on any atom is 0.251 e. The minimum absolute atomic E-state index is 0.0566. The Morgan fingerprint density at radius 2 is 1.76 bits per heavy atom. The number of hydrogen-bond acceptors (Lipinski definition) is 5. The number of nitrogens with one attached hydrogen (secondary N) is 2. The second-order valence-electron chi connectivity index (χ2n) is 8.94. The third kappa shape index (κ3) is 7.76. The van der Waals surface area contributed by atoms with Crippen LogP contribution >= 0.6 is 23.1 Å². The van der Waals surface area contributed by atoms with Gasteiger partial charge in [0.25, 0.3) is 5.91 Å². The molecule has 0 unspecified atom stereocenters. The van der Waals surface area contributed by atoms with Crippen LogP contribution in [0.25, 0.3) is 21.9 Å². The average Bonchev–Trinajstić information content (AvgIpc) is 3.31. The molecule has 0 aliphatic carbocycles. The quantitative estimate of drug-likeness (QED) is 0.0893. The van der Waals surface area contributed by atoms with Gasteiger partial charge in [0.15, 0.2) is 5.13 Å². The number of carbonyl (C=O) groups is 2. The van der Waals surface area contributed by atoms with E-state index in [0.717, 1.165) is 39.1 Å². The van der Waals surface area contributed by atoms with E-state index < -0.39 is 0 Å². The Hall–Kier alpha value is -3.49. The molecule has 8 heteroatoms. The van der Waals surface area contributed by atoms with E-state index >= 15 is 0 Å². The molecule has 1 heterocycles. The Morgan fingerprint density at radius 1 is 1.00 bits per heavy atom. The molecule has 4 aromatic rings. The van der Waals surface area contributed by atoms with Crippen molar-refractivity contribution in [3.8, 4) is 0 Å². The number of aromatic nitrogens is 1. The van der Waals surface area contributed by atoms with Crippen molar-refractivity contribution in [3.63, 3.8) is 0 Å². The van der Waals surface area contributed by atoms with Gasteiger partial charge < -0.3 is 10.6 Å². The number of halogens is 1. The van der Waals surface area contributed by atoms with Crippen molar-refractivity contribution in [2.24, 2.45) is 0 Å². The molecule has 0 saturated heterocycles. The third-order valence-electron chi connectivity index (χ3n) is 5.98. The maximum absolute atomic E-state index is 13.5. The van der Waals surface area contributed by atoms with Gasteiger partial charge in [-0.3, -0.25) is 9.59 Å². The summed E-state index contributed by atoms with van der Waals surface area (Å²) in [5.74, 6) is -0.617. The zero-order chi connectivity index (χ0) is 26.9. The fraction of sp³-hybridized carbons (Fsp3) is 0.233. The van der Waals surface area contributed by atoms with Crippen molar-refractivity contribution in [2.45, 2.75) is 37.5 Å². The highest BCUT2D eigenvalue weighted by molar-refractivity contribution is 7.98. The van der Waals surface area contributed by atoms with E-state index in [1.807, 2.05) is 61.7 Å². The Labute approximate surface area is 230 Å². The normalized spacial score (nSPS) is 11.5. The first-order valence-electron chi connectivity index (χ1n) is 12.5. The minimum atomic E-state index is -0.347. The lowest BCUT2D eigenvalue weighted by Gasteiger charge is -2.10. The van der Waals surface area contributed by atoms with E-state index in [1.165, 1.54) is 23.5 Å². The molecule has 2 N–H and O–H groups in total. The zero-order valence-electron chi connectivity index (χ0n) is 21.4. The second kappa shape index (κ2) is 13.3. The number of aryl methyl sites for hydroxylation is 1. The minimum Gasteiger partial charge on any atom is -0.352 e. The van der Waals surface area contributed by atoms with Crippen LogP contribution in [0, 0.1) is 12.7 Å². The van der Waals surface area contributed by atoms with Crippen LogP contribution in [-0.4, -0.2) is 29.6 Å². The molecule has 0 bridgehead atoms. The van der Waals surface area contributed by atoms with Crippen LogP contribution in [0.3, 0.4) is 0 Å². The molecule has 0 spiro atoms. The smallest absolute Gasteiger partial charge is 0.251 e. The van der Waals surface area contributed by atoms with Gasteiger partial charge in [-0.25, -0.2) is 9.37 Å². The summed E-state index contributed by atoms with van der Waals surface area (Å²) in [5.41, 5.74) is 4.06. The van der Waals surface area contributed by atoms with Gasteiger partial charge in [-0.15, -0.1) is 11.8 Å². The van der Waals surface area contributed by atoms with E-state index in [4.69, 9.17) is 0 Å². The topological polar surface area (TPSA) is 71.1 Å². The van der Waals surface area contributed by atoms with Crippen LogP contribution in [-0.2, 0) is 9.59 Å². The predicted octanol–water partition coefficient (Wildman–Crippen LogP) is 7.32. The van der Waals surface area contributed by atoms with Crippen molar-refractivity contribution in [2.75, 3.05) is 18.1 Å². The first kappa shape index (κ1) is 27.5. The lowest BCUT2D eigenvalue weighted by atomic mass is 10.0. The van der Waals surface area contributed by atoms with E-state index in [2.05, 4.69) is 15.6 Å². The van der Waals surface area contributed by atoms with Gasteiger partial charge >= 0.3 is 0 Å². The van der Waals surface area contributed by atoms with Crippen molar-refractivity contribution >= 4 is 61.9 Å². The first-order chi connectivity index (χ1) is 18.4. The highest BCUT2D eigenvalue weighted by atomic mass is 32.2. The number of fused-ring (bicyclic) bond motifs is 1. The Balaban J connectivity index is 1.25. The van der Waals surface area contributed by atoms with E-state index in [0.29, 0.717) is 35.7 Å². The summed E-state index contributed by atoms with van der Waals surface area (Å²) in [6.45, 7) is 2.51. The molecule has 0 saturated carbocycles. The third-order valence-corrected chi connectivity index (χ3v) is 7.68. The highest BCUT2D eigenvalue weighted by Crippen LogP contribution is 2.27. The SMILES string of the molecule is CSc1ccc(/C=C(\C(=O)NCCCCCC(=O)Nc2nc3cc(C)ccc3s2)c2ccc(F)cc2)cc1. The Morgan fingerprint density at radius 3 is 2.50 bits per heavy atom. The summed E-state index contributed by atoms with van der Waals surface area (Å²) in [6.07, 6.45) is 6.50. The van der Waals surface area contributed by atoms with Crippen LogP contribution in [0.1, 0.15) is 42.4 Å². The molecular weight excluding hydrogens is 517 g/mol. The molecule has 38 heavy (non-hydrogen) atoms. The van der Waals surface area contributed by atoms with Crippen molar-refractivity contribution < 1.29 is 14.0 Å². The molecule has 0 aliphatic heterocycles. The number of rotatable bonds is 11. The number of carbonyl (C=O) groups excluding carboxylic acids is 2. The first-order valence-corrected chi connectivity index (χ1v) is 14.5. The van der Waals surface area contributed by atoms with Gasteiger partial charge in [-0.2, -0.15) is 0 Å². The molecular formula is C30H30FN3O2S2. The number of unbranched alkanes of at least 4 members (excludes halogenated alkanes) is 2. The van der Waals surface area contributed by atoms with Gasteiger partial charge in [0.1, 0.15) is 5.82 Å². The van der Waals surface area contributed by atoms with E-state index in [9.17, 15) is 14.0 Å². The highest BCUT2D eigenvalue weighted by Gasteiger charge is 2.13. The lowest BCUT2D eigenvalue weighted by molar-refractivity contribution is -0.117. The predicted molar refractivity (Wildman–Crippen MR) is 157 cm³/mol. The molecule has 0 aliphatic rings. The number of anilines is 1. The summed E-state index contributed by atoms with van der Waals surface area (Å²) in [6, 6.07) is 19.9. The van der Waals surface area contributed by atoms with E-state index in [1.54, 1.807) is 23.9 Å². The van der Waals surface area contributed by atoms with Crippen LogP contribution in [0.4, 0.5) is 9.52 Å². The summed E-state index contributed by atoms with van der Waals surface area (Å²) < 4.78 is 14.5. The standard InChI is InChI=1S/C30H30FN3O2S2/c1-20-7-16-27-26(18-20)33-30(38-27)34-28(35)6-4-3-5-17-32-29(36)25(22-10-12-23(31)13-11-22)19-21-8-14-24(37-2)15-9-21/h7-16,18-19H,3-6,17H2,1-2H3,(H,32,36)(H,33,34,35)/b25-19-. The van der Waals surface area contributed by atoms with Crippen molar-refractivity contribution in [1.82, 2.24) is 10.3 Å². The summed E-state index contributed by atoms with van der Waals surface area (Å²) in [5, 5.41) is 6.48. The maximum atomic E-state index is 13.5. The molecule has 5 nitrogen and oxygen atoms in total. The average molecular weight is 548 g/mol. The molecule has 3 aromatic carbocycles. The van der Waals surface area contributed by atoms with Crippen LogP contribution < -0.4 is 10.6 Å². The Kier molecular flexibility index (Phi) is 9.67. The monoisotopic (exact) mass is 547 g/mol. The fourth-order valence-corrected chi connectivity index (χ4v) is 5.20. The second-order valence-corrected chi connectivity index (χ2v) is 10.9. The number of amides is 2. The number of thiazole rings is 1. The van der Waals surface area contributed by atoms with Crippen molar-refractivity contribution in [3.05, 3.63) is 89.2 Å². The van der Waals surface area contributed by atoms with Crippen LogP contribution in [0.15, 0.2) is 71.6 Å². The molecule has 0 fully saturated rings. The number of nitrogens with zero attached hydrogens (tertiary/aromatic N) is 1. The molecule has 196 valence electrons. The summed E-state index contributed by atoms with van der Waals surface area (Å²) >= 11 is 3.12. The Bertz CT molecular complexity index is 1430. The number of hydrogen-bond donors (Lipinski definition) is 2. The van der Waals surface area contributed by atoms with E-state index in [-0.39, 0.29) is 17.6 Å². The zero-order valence-corrected chi connectivity index (χ0v) is 23.1. The summed E-state index contributed by atoms with van der Waals surface area (Å²) in [4.78, 5) is 31.0. The molecule has 2 amide bonds. The molecule has 4 rings (SSSR count). The summed E-state index contributed by atoms with van der Waals surface area (Å²) in [7, 11) is 0. The molecule has 0 atom stereocenters. The van der Waals surface area contributed by atoms with Crippen LogP contribution in [0.2, 0.25) is 0 Å². The van der Waals surface area contributed by atoms with Crippen LogP contribution in [0.5, 0.6) is 0 Å². The van der Waals surface area contributed by atoms with Gasteiger partial charge in [0.2, 0.25) is 5.91 Å². The number of benzene rings is 3. The fourth-order valence-electron chi connectivity index (χ4n) is 3.93. The van der Waals surface area contributed by atoms with Gasteiger partial charge in [0.05, 0.1) is 10.2 Å². The van der Waals surface area contributed by atoms with Gasteiger partial charge in [0, 0.05) is 23.4 Å². The molecule has 1 aromatic heterocycles.